The number of carbonyl (C=O) groups excluding carboxylic acids is 2. The van der Waals surface area contributed by atoms with Crippen molar-refractivity contribution >= 4 is 17.8 Å². The van der Waals surface area contributed by atoms with Gasteiger partial charge in [-0.3, -0.25) is 14.4 Å². The van der Waals surface area contributed by atoms with Crippen LogP contribution in [0.1, 0.15) is 34.8 Å². The summed E-state index contributed by atoms with van der Waals surface area (Å²) in [5.74, 6) is -1.68. The third-order valence-electron chi connectivity index (χ3n) is 3.60. The van der Waals surface area contributed by atoms with Crippen LogP contribution in [0.5, 0.6) is 0 Å². The van der Waals surface area contributed by atoms with E-state index in [0.29, 0.717) is 11.1 Å². The highest BCUT2D eigenvalue weighted by Crippen LogP contribution is 2.41. The largest absolute Gasteiger partial charge is 0.480 e. The van der Waals surface area contributed by atoms with E-state index in [1.807, 2.05) is 0 Å². The minimum atomic E-state index is -1.10. The third kappa shape index (κ3) is 2.03. The number of amides is 2. The number of nitrogens with zero attached hydrogens (tertiary/aromatic N) is 1. The molecule has 1 heterocycles. The molecule has 0 saturated heterocycles. The molecule has 3 rings (SSSR count). The number of hydrogen-bond donors (Lipinski definition) is 2. The quantitative estimate of drug-likeness (QED) is 0.839. The van der Waals surface area contributed by atoms with Crippen LogP contribution in [-0.2, 0) is 9.59 Å². The predicted octanol–water partition coefficient (Wildman–Crippen LogP) is 0.547. The molecule has 0 spiro atoms. The summed E-state index contributed by atoms with van der Waals surface area (Å²) in [4.78, 5) is 36.7. The van der Waals surface area contributed by atoms with Gasteiger partial charge in [-0.15, -0.1) is 0 Å². The number of aliphatic carboxylic acids is 1. The molecule has 1 aromatic rings. The van der Waals surface area contributed by atoms with Crippen molar-refractivity contribution in [2.75, 3.05) is 6.54 Å². The Balaban J connectivity index is 1.91. The number of nitrogens with one attached hydrogen (secondary N) is 1. The van der Waals surface area contributed by atoms with Gasteiger partial charge in [-0.25, -0.2) is 0 Å². The molecule has 0 aromatic heterocycles. The van der Waals surface area contributed by atoms with Crippen LogP contribution in [0.25, 0.3) is 0 Å². The second kappa shape index (κ2) is 4.63. The maximum absolute atomic E-state index is 12.4. The zero-order valence-electron chi connectivity index (χ0n) is 10.7. The second-order valence-electron chi connectivity index (χ2n) is 5.04. The van der Waals surface area contributed by atoms with Gasteiger partial charge in [0.2, 0.25) is 5.91 Å². The first kappa shape index (κ1) is 12.7. The molecule has 1 saturated carbocycles. The zero-order valence-corrected chi connectivity index (χ0v) is 10.7. The Morgan fingerprint density at radius 3 is 2.65 bits per heavy atom. The van der Waals surface area contributed by atoms with Gasteiger partial charge in [0.1, 0.15) is 12.6 Å². The van der Waals surface area contributed by atoms with E-state index in [9.17, 15) is 14.4 Å². The van der Waals surface area contributed by atoms with Crippen LogP contribution in [0.2, 0.25) is 0 Å². The summed E-state index contributed by atoms with van der Waals surface area (Å²) >= 11 is 0. The van der Waals surface area contributed by atoms with E-state index in [1.165, 1.54) is 0 Å². The summed E-state index contributed by atoms with van der Waals surface area (Å²) in [6.45, 7) is -0.440. The number of benzene rings is 1. The molecule has 2 aliphatic rings. The zero-order chi connectivity index (χ0) is 14.3. The van der Waals surface area contributed by atoms with E-state index in [1.54, 1.807) is 29.2 Å². The van der Waals surface area contributed by atoms with E-state index in [2.05, 4.69) is 5.32 Å². The van der Waals surface area contributed by atoms with Gasteiger partial charge in [0, 0.05) is 11.6 Å². The van der Waals surface area contributed by atoms with Gasteiger partial charge in [-0.1, -0.05) is 18.2 Å². The van der Waals surface area contributed by atoms with Crippen molar-refractivity contribution in [3.8, 4) is 0 Å². The second-order valence-corrected chi connectivity index (χ2v) is 5.04. The Morgan fingerprint density at radius 2 is 2.00 bits per heavy atom. The number of hydrogen-bond acceptors (Lipinski definition) is 3. The molecule has 1 aliphatic heterocycles. The highest BCUT2D eigenvalue weighted by molar-refractivity contribution is 6.05. The van der Waals surface area contributed by atoms with Crippen LogP contribution in [0, 0.1) is 0 Å². The van der Waals surface area contributed by atoms with Crippen LogP contribution in [0.4, 0.5) is 0 Å². The van der Waals surface area contributed by atoms with E-state index in [4.69, 9.17) is 5.11 Å². The van der Waals surface area contributed by atoms with Gasteiger partial charge >= 0.3 is 5.97 Å². The molecule has 2 N–H and O–H groups in total. The fourth-order valence-corrected chi connectivity index (χ4v) is 2.59. The monoisotopic (exact) mass is 274 g/mol. The smallest absolute Gasteiger partial charge is 0.322 e. The third-order valence-corrected chi connectivity index (χ3v) is 3.60. The molecule has 0 radical (unpaired) electrons. The summed E-state index contributed by atoms with van der Waals surface area (Å²) in [5, 5.41) is 11.0. The number of rotatable bonds is 4. The summed E-state index contributed by atoms with van der Waals surface area (Å²) < 4.78 is 0. The van der Waals surface area contributed by atoms with Gasteiger partial charge in [-0.2, -0.15) is 0 Å². The Hall–Kier alpha value is -2.37. The van der Waals surface area contributed by atoms with Crippen molar-refractivity contribution in [2.24, 2.45) is 0 Å². The average Bonchev–Trinajstić information content (AvgIpc) is 3.22. The van der Waals surface area contributed by atoms with E-state index in [0.717, 1.165) is 12.8 Å². The molecule has 104 valence electrons. The van der Waals surface area contributed by atoms with Crippen molar-refractivity contribution in [3.05, 3.63) is 35.4 Å². The molecule has 6 heteroatoms. The molecule has 2 amide bonds. The summed E-state index contributed by atoms with van der Waals surface area (Å²) in [7, 11) is 0. The Kier molecular flexibility index (Phi) is 2.93. The molecule has 20 heavy (non-hydrogen) atoms. The fraction of sp³-hybridized carbons (Fsp3) is 0.357. The number of carboxylic acids is 1. The molecular formula is C14H14N2O4. The lowest BCUT2D eigenvalue weighted by Gasteiger charge is -2.24. The maximum Gasteiger partial charge on any atom is 0.322 e. The standard InChI is InChI=1S/C14H14N2O4/c17-11(18)7-15-13(19)12-9-3-1-2-4-10(9)14(20)16(12)8-5-6-8/h1-4,8,12H,5-7H2,(H,15,19)(H,17,18). The minimum Gasteiger partial charge on any atom is -0.480 e. The molecular weight excluding hydrogens is 260 g/mol. The van der Waals surface area contributed by atoms with Crippen molar-refractivity contribution < 1.29 is 19.5 Å². The maximum atomic E-state index is 12.4. The highest BCUT2D eigenvalue weighted by Gasteiger charge is 2.47. The van der Waals surface area contributed by atoms with E-state index >= 15 is 0 Å². The highest BCUT2D eigenvalue weighted by atomic mass is 16.4. The van der Waals surface area contributed by atoms with Crippen molar-refractivity contribution in [1.82, 2.24) is 10.2 Å². The van der Waals surface area contributed by atoms with Gasteiger partial charge in [0.15, 0.2) is 0 Å². The Labute approximate surface area is 115 Å². The van der Waals surface area contributed by atoms with Crippen LogP contribution in [-0.4, -0.2) is 40.4 Å². The lowest BCUT2D eigenvalue weighted by Crippen LogP contribution is -2.41. The molecule has 6 nitrogen and oxygen atoms in total. The van der Waals surface area contributed by atoms with Gasteiger partial charge < -0.3 is 15.3 Å². The van der Waals surface area contributed by atoms with Gasteiger partial charge in [-0.05, 0) is 24.5 Å². The lowest BCUT2D eigenvalue weighted by molar-refractivity contribution is -0.138. The van der Waals surface area contributed by atoms with Crippen molar-refractivity contribution in [1.29, 1.82) is 0 Å². The topological polar surface area (TPSA) is 86.7 Å². The molecule has 1 unspecified atom stereocenters. The Morgan fingerprint density at radius 1 is 1.30 bits per heavy atom. The first-order valence-corrected chi connectivity index (χ1v) is 6.50. The average molecular weight is 274 g/mol. The van der Waals surface area contributed by atoms with E-state index < -0.39 is 24.5 Å². The summed E-state index contributed by atoms with van der Waals surface area (Å²) in [6, 6.07) is 6.39. The van der Waals surface area contributed by atoms with Crippen molar-refractivity contribution in [3.63, 3.8) is 0 Å². The first-order chi connectivity index (χ1) is 9.59. The molecule has 1 fully saturated rings. The number of fused-ring (bicyclic) bond motifs is 1. The fourth-order valence-electron chi connectivity index (χ4n) is 2.59. The van der Waals surface area contributed by atoms with Crippen molar-refractivity contribution in [2.45, 2.75) is 24.9 Å². The first-order valence-electron chi connectivity index (χ1n) is 6.50. The Bertz CT molecular complexity index is 595. The van der Waals surface area contributed by atoms with Crippen LogP contribution in [0.15, 0.2) is 24.3 Å². The SMILES string of the molecule is O=C(O)CNC(=O)C1c2ccccc2C(=O)N1C1CC1. The molecule has 1 atom stereocenters. The summed E-state index contributed by atoms with van der Waals surface area (Å²) in [5.41, 5.74) is 1.20. The minimum absolute atomic E-state index is 0.0930. The lowest BCUT2D eigenvalue weighted by atomic mass is 10.0. The summed E-state index contributed by atoms with van der Waals surface area (Å²) in [6.07, 6.45) is 1.78. The van der Waals surface area contributed by atoms with Crippen LogP contribution >= 0.6 is 0 Å². The molecule has 1 aliphatic carbocycles. The normalized spacial score (nSPS) is 20.7. The molecule has 1 aromatic carbocycles. The van der Waals surface area contributed by atoms with Crippen LogP contribution < -0.4 is 5.32 Å². The van der Waals surface area contributed by atoms with Crippen LogP contribution in [0.3, 0.4) is 0 Å². The predicted molar refractivity (Wildman–Crippen MR) is 69.0 cm³/mol. The number of carboxylic acid groups (broad SMARTS) is 1. The van der Waals surface area contributed by atoms with Gasteiger partial charge in [0.05, 0.1) is 0 Å². The number of carbonyl (C=O) groups is 3. The van der Waals surface area contributed by atoms with Gasteiger partial charge in [0.25, 0.3) is 5.91 Å². The molecule has 0 bridgehead atoms. The van der Waals surface area contributed by atoms with E-state index in [-0.39, 0.29) is 11.9 Å².